The number of sulfone groups is 1. The van der Waals surface area contributed by atoms with E-state index in [0.717, 1.165) is 12.8 Å². The van der Waals surface area contributed by atoms with E-state index in [2.05, 4.69) is 0 Å². The first kappa shape index (κ1) is 15.8. The lowest BCUT2D eigenvalue weighted by Crippen LogP contribution is -2.48. The molecule has 124 valence electrons. The zero-order valence-corrected chi connectivity index (χ0v) is 13.8. The van der Waals surface area contributed by atoms with E-state index in [4.69, 9.17) is 0 Å². The number of nitrogens with zero attached hydrogens (tertiary/aromatic N) is 2. The molecular formula is C15H24N2O4S. The lowest BCUT2D eigenvalue weighted by molar-refractivity contribution is -0.142. The van der Waals surface area contributed by atoms with Gasteiger partial charge in [0, 0.05) is 38.0 Å². The molecular weight excluding hydrogens is 304 g/mol. The summed E-state index contributed by atoms with van der Waals surface area (Å²) in [6, 6.07) is 0.118. The molecule has 0 aromatic rings. The number of hydrogen-bond donors (Lipinski definition) is 0. The molecule has 2 heterocycles. The third kappa shape index (κ3) is 3.29. The van der Waals surface area contributed by atoms with E-state index >= 15 is 0 Å². The summed E-state index contributed by atoms with van der Waals surface area (Å²) in [6.07, 6.45) is 3.96. The van der Waals surface area contributed by atoms with Crippen LogP contribution in [-0.4, -0.2) is 66.7 Å². The normalized spacial score (nSPS) is 28.6. The molecule has 6 nitrogen and oxygen atoms in total. The Kier molecular flexibility index (Phi) is 4.18. The molecule has 0 bridgehead atoms. The minimum atomic E-state index is -2.98. The van der Waals surface area contributed by atoms with Crippen LogP contribution in [0.25, 0.3) is 0 Å². The van der Waals surface area contributed by atoms with Gasteiger partial charge in [-0.05, 0) is 32.1 Å². The van der Waals surface area contributed by atoms with Crippen molar-refractivity contribution in [1.29, 1.82) is 0 Å². The Hall–Kier alpha value is -1.11. The summed E-state index contributed by atoms with van der Waals surface area (Å²) in [7, 11) is -2.98. The van der Waals surface area contributed by atoms with Gasteiger partial charge >= 0.3 is 0 Å². The molecule has 3 fully saturated rings. The van der Waals surface area contributed by atoms with Gasteiger partial charge in [-0.1, -0.05) is 0 Å². The van der Waals surface area contributed by atoms with Crippen LogP contribution in [0, 0.1) is 5.92 Å². The van der Waals surface area contributed by atoms with Crippen molar-refractivity contribution >= 4 is 21.7 Å². The maximum Gasteiger partial charge on any atom is 0.226 e. The van der Waals surface area contributed by atoms with E-state index in [1.807, 2.05) is 4.90 Å². The van der Waals surface area contributed by atoms with Crippen LogP contribution >= 0.6 is 0 Å². The highest BCUT2D eigenvalue weighted by Gasteiger charge is 2.44. The van der Waals surface area contributed by atoms with Crippen LogP contribution in [-0.2, 0) is 19.4 Å². The van der Waals surface area contributed by atoms with Gasteiger partial charge in [0.05, 0.1) is 11.5 Å². The zero-order chi connectivity index (χ0) is 15.9. The first-order chi connectivity index (χ1) is 10.4. The van der Waals surface area contributed by atoms with Crippen molar-refractivity contribution in [2.24, 2.45) is 5.92 Å². The van der Waals surface area contributed by atoms with Crippen molar-refractivity contribution in [3.63, 3.8) is 0 Å². The Morgan fingerprint density at radius 3 is 2.09 bits per heavy atom. The van der Waals surface area contributed by atoms with Crippen LogP contribution in [0.5, 0.6) is 0 Å². The van der Waals surface area contributed by atoms with Gasteiger partial charge in [-0.2, -0.15) is 0 Å². The lowest BCUT2D eigenvalue weighted by Gasteiger charge is -2.36. The second kappa shape index (κ2) is 5.83. The summed E-state index contributed by atoms with van der Waals surface area (Å²) in [5.41, 5.74) is 0. The van der Waals surface area contributed by atoms with Gasteiger partial charge < -0.3 is 9.80 Å². The summed E-state index contributed by atoms with van der Waals surface area (Å²) in [6.45, 7) is 2.82. The minimum Gasteiger partial charge on any atom is -0.343 e. The number of likely N-dealkylation sites (tertiary alicyclic amines) is 1. The molecule has 0 N–H and O–H groups in total. The molecule has 22 heavy (non-hydrogen) atoms. The molecule has 7 heteroatoms. The fourth-order valence-corrected chi connectivity index (χ4v) is 5.37. The predicted molar refractivity (Wildman–Crippen MR) is 81.9 cm³/mol. The zero-order valence-electron chi connectivity index (χ0n) is 13.0. The van der Waals surface area contributed by atoms with Gasteiger partial charge in [0.1, 0.15) is 0 Å². The van der Waals surface area contributed by atoms with E-state index in [0.29, 0.717) is 32.4 Å². The average Bonchev–Trinajstić information content (AvgIpc) is 3.23. The second-order valence-corrected chi connectivity index (χ2v) is 9.04. The van der Waals surface area contributed by atoms with E-state index in [1.165, 1.54) is 0 Å². The maximum absolute atomic E-state index is 12.9. The molecule has 3 rings (SSSR count). The summed E-state index contributed by atoms with van der Waals surface area (Å²) < 4.78 is 23.4. The van der Waals surface area contributed by atoms with Crippen molar-refractivity contribution in [2.75, 3.05) is 24.6 Å². The fraction of sp³-hybridized carbons (Fsp3) is 0.867. The number of amides is 2. The van der Waals surface area contributed by atoms with E-state index in [-0.39, 0.29) is 41.3 Å². The molecule has 0 aromatic carbocycles. The highest BCUT2D eigenvalue weighted by Crippen LogP contribution is 2.35. The molecule has 0 radical (unpaired) electrons. The van der Waals surface area contributed by atoms with Crippen molar-refractivity contribution in [1.82, 2.24) is 9.80 Å². The SMILES string of the molecule is CC(=O)N1CCC(C(=O)N(C2CC2)C2CCS(=O)(=O)C2)CC1. The summed E-state index contributed by atoms with van der Waals surface area (Å²) >= 11 is 0. The van der Waals surface area contributed by atoms with Crippen molar-refractivity contribution in [2.45, 2.75) is 51.1 Å². The van der Waals surface area contributed by atoms with Crippen LogP contribution in [0.2, 0.25) is 0 Å². The number of rotatable bonds is 3. The first-order valence-electron chi connectivity index (χ1n) is 8.15. The summed E-state index contributed by atoms with van der Waals surface area (Å²) in [4.78, 5) is 27.9. The van der Waals surface area contributed by atoms with Gasteiger partial charge in [-0.15, -0.1) is 0 Å². The average molecular weight is 328 g/mol. The number of carbonyl (C=O) groups is 2. The van der Waals surface area contributed by atoms with Crippen molar-refractivity contribution < 1.29 is 18.0 Å². The van der Waals surface area contributed by atoms with Crippen LogP contribution in [0.1, 0.15) is 39.0 Å². The third-order valence-electron chi connectivity index (χ3n) is 5.09. The molecule has 2 saturated heterocycles. The van der Waals surface area contributed by atoms with Crippen molar-refractivity contribution in [3.8, 4) is 0 Å². The monoisotopic (exact) mass is 328 g/mol. The van der Waals surface area contributed by atoms with Gasteiger partial charge in [0.2, 0.25) is 11.8 Å². The first-order valence-corrected chi connectivity index (χ1v) is 9.97. The van der Waals surface area contributed by atoms with Crippen LogP contribution < -0.4 is 0 Å². The molecule has 1 unspecified atom stereocenters. The topological polar surface area (TPSA) is 74.8 Å². The summed E-state index contributed by atoms with van der Waals surface area (Å²) in [5, 5.41) is 0. The lowest BCUT2D eigenvalue weighted by atomic mass is 9.94. The molecule has 0 aromatic heterocycles. The third-order valence-corrected chi connectivity index (χ3v) is 6.84. The molecule has 3 aliphatic rings. The standard InChI is InChI=1S/C15H24N2O4S/c1-11(18)16-7-4-12(5-8-16)15(19)17(13-2-3-13)14-6-9-22(20,21)10-14/h12-14H,2-10H2,1H3. The Labute approximate surface area is 131 Å². The smallest absolute Gasteiger partial charge is 0.226 e. The van der Waals surface area contributed by atoms with E-state index < -0.39 is 9.84 Å². The Morgan fingerprint density at radius 2 is 1.64 bits per heavy atom. The van der Waals surface area contributed by atoms with E-state index in [1.54, 1.807) is 11.8 Å². The number of hydrogen-bond acceptors (Lipinski definition) is 4. The van der Waals surface area contributed by atoms with Crippen molar-refractivity contribution in [3.05, 3.63) is 0 Å². The highest BCUT2D eigenvalue weighted by atomic mass is 32.2. The molecule has 1 aliphatic carbocycles. The Balaban J connectivity index is 1.65. The molecule has 2 amide bonds. The predicted octanol–water partition coefficient (Wildman–Crippen LogP) is 0.423. The Morgan fingerprint density at radius 1 is 1.00 bits per heavy atom. The molecule has 1 saturated carbocycles. The Bertz CT molecular complexity index is 562. The summed E-state index contributed by atoms with van der Waals surface area (Å²) in [5.74, 6) is 0.456. The highest BCUT2D eigenvalue weighted by molar-refractivity contribution is 7.91. The minimum absolute atomic E-state index is 0.0560. The number of carbonyl (C=O) groups excluding carboxylic acids is 2. The van der Waals surface area contributed by atoms with Crippen LogP contribution in [0.3, 0.4) is 0 Å². The van der Waals surface area contributed by atoms with Gasteiger partial charge in [0.15, 0.2) is 9.84 Å². The molecule has 0 spiro atoms. The number of piperidine rings is 1. The van der Waals surface area contributed by atoms with Gasteiger partial charge in [-0.3, -0.25) is 9.59 Å². The van der Waals surface area contributed by atoms with Gasteiger partial charge in [0.25, 0.3) is 0 Å². The van der Waals surface area contributed by atoms with Gasteiger partial charge in [-0.25, -0.2) is 8.42 Å². The quantitative estimate of drug-likeness (QED) is 0.753. The maximum atomic E-state index is 12.9. The molecule has 2 aliphatic heterocycles. The van der Waals surface area contributed by atoms with Crippen LogP contribution in [0.4, 0.5) is 0 Å². The van der Waals surface area contributed by atoms with E-state index in [9.17, 15) is 18.0 Å². The molecule has 1 atom stereocenters. The second-order valence-electron chi connectivity index (χ2n) is 6.81. The van der Waals surface area contributed by atoms with Crippen LogP contribution in [0.15, 0.2) is 0 Å². The fourth-order valence-electron chi connectivity index (χ4n) is 3.66. The largest absolute Gasteiger partial charge is 0.343 e.